The molecule has 20 heavy (non-hydrogen) atoms. The van der Waals surface area contributed by atoms with Gasteiger partial charge in [0.25, 0.3) is 0 Å². The summed E-state index contributed by atoms with van der Waals surface area (Å²) in [7, 11) is 0. The van der Waals surface area contributed by atoms with Crippen molar-refractivity contribution >= 4 is 0 Å². The second kappa shape index (κ2) is 6.59. The monoisotopic (exact) mass is 276 g/mol. The highest BCUT2D eigenvalue weighted by atomic mass is 16.5. The first kappa shape index (κ1) is 15.3. The van der Waals surface area contributed by atoms with Crippen LogP contribution in [0.5, 0.6) is 5.75 Å². The summed E-state index contributed by atoms with van der Waals surface area (Å²) in [4.78, 5) is 2.51. The normalized spacial score (nSPS) is 14.4. The average Bonchev–Trinajstić information content (AvgIpc) is 2.90. The minimum atomic E-state index is 0.0792. The molecule has 112 valence electrons. The highest BCUT2D eigenvalue weighted by Gasteiger charge is 2.24. The van der Waals surface area contributed by atoms with Crippen LogP contribution in [0.3, 0.4) is 0 Å². The number of hydrogen-bond acceptors (Lipinski definition) is 3. The summed E-state index contributed by atoms with van der Waals surface area (Å²) in [6.45, 7) is 10.4. The Bertz CT molecular complexity index is 443. The molecule has 1 aromatic carbocycles. The fourth-order valence-corrected chi connectivity index (χ4v) is 2.78. The second-order valence-corrected chi connectivity index (χ2v) is 6.29. The van der Waals surface area contributed by atoms with E-state index in [1.54, 1.807) is 0 Å². The van der Waals surface area contributed by atoms with E-state index >= 15 is 0 Å². The van der Waals surface area contributed by atoms with E-state index < -0.39 is 0 Å². The van der Waals surface area contributed by atoms with E-state index in [1.165, 1.54) is 17.5 Å². The van der Waals surface area contributed by atoms with Gasteiger partial charge in [0.15, 0.2) is 0 Å². The van der Waals surface area contributed by atoms with Gasteiger partial charge in [0, 0.05) is 25.0 Å². The molecule has 0 saturated carbocycles. The summed E-state index contributed by atoms with van der Waals surface area (Å²) in [5, 5.41) is 0. The Labute approximate surface area is 123 Å². The molecule has 0 bridgehead atoms. The third kappa shape index (κ3) is 3.53. The first-order valence-electron chi connectivity index (χ1n) is 7.76. The van der Waals surface area contributed by atoms with E-state index in [1.807, 2.05) is 0 Å². The number of nitrogens with two attached hydrogens (primary N) is 1. The molecular formula is C17H28N2O. The Balaban J connectivity index is 1.98. The lowest BCUT2D eigenvalue weighted by Crippen LogP contribution is -2.50. The van der Waals surface area contributed by atoms with Crippen LogP contribution in [0.2, 0.25) is 0 Å². The fraction of sp³-hybridized carbons (Fsp3) is 0.647. The summed E-state index contributed by atoms with van der Waals surface area (Å²) in [6, 6.07) is 6.63. The SMILES string of the molecule is CCCN(CCc1ccc2c(c1)CCO2)C(C)(C)CN. The molecule has 0 unspecified atom stereocenters. The molecule has 2 N–H and O–H groups in total. The third-order valence-corrected chi connectivity index (χ3v) is 4.27. The maximum atomic E-state index is 5.92. The molecule has 0 aliphatic carbocycles. The molecule has 0 amide bonds. The van der Waals surface area contributed by atoms with Crippen LogP contribution in [0, 0.1) is 0 Å². The van der Waals surface area contributed by atoms with Gasteiger partial charge in [-0.3, -0.25) is 4.90 Å². The van der Waals surface area contributed by atoms with Crippen LogP contribution >= 0.6 is 0 Å². The molecule has 0 saturated heterocycles. The Morgan fingerprint density at radius 2 is 2.10 bits per heavy atom. The lowest BCUT2D eigenvalue weighted by atomic mass is 10.0. The van der Waals surface area contributed by atoms with Crippen molar-refractivity contribution in [1.82, 2.24) is 4.90 Å². The van der Waals surface area contributed by atoms with Crippen LogP contribution in [-0.2, 0) is 12.8 Å². The third-order valence-electron chi connectivity index (χ3n) is 4.27. The van der Waals surface area contributed by atoms with Crippen molar-refractivity contribution in [1.29, 1.82) is 0 Å². The Kier molecular flexibility index (Phi) is 5.06. The van der Waals surface area contributed by atoms with Crippen LogP contribution in [-0.4, -0.2) is 36.7 Å². The lowest BCUT2D eigenvalue weighted by molar-refractivity contribution is 0.128. The van der Waals surface area contributed by atoms with E-state index in [-0.39, 0.29) is 5.54 Å². The van der Waals surface area contributed by atoms with Gasteiger partial charge in [0.1, 0.15) is 5.75 Å². The highest BCUT2D eigenvalue weighted by molar-refractivity contribution is 5.39. The van der Waals surface area contributed by atoms with Gasteiger partial charge in [-0.2, -0.15) is 0 Å². The molecule has 2 rings (SSSR count). The van der Waals surface area contributed by atoms with Gasteiger partial charge < -0.3 is 10.5 Å². The molecular weight excluding hydrogens is 248 g/mol. The maximum absolute atomic E-state index is 5.92. The van der Waals surface area contributed by atoms with Gasteiger partial charge >= 0.3 is 0 Å². The zero-order valence-electron chi connectivity index (χ0n) is 13.1. The molecule has 0 aromatic heterocycles. The Morgan fingerprint density at radius 1 is 1.30 bits per heavy atom. The molecule has 1 aliphatic heterocycles. The number of benzene rings is 1. The summed E-state index contributed by atoms with van der Waals surface area (Å²) >= 11 is 0. The van der Waals surface area contributed by atoms with E-state index in [2.05, 4.69) is 43.9 Å². The van der Waals surface area contributed by atoms with E-state index in [9.17, 15) is 0 Å². The van der Waals surface area contributed by atoms with Gasteiger partial charge in [-0.05, 0) is 50.4 Å². The predicted octanol–water partition coefficient (Wildman–Crippen LogP) is 2.61. The van der Waals surface area contributed by atoms with Crippen molar-refractivity contribution in [3.8, 4) is 5.75 Å². The van der Waals surface area contributed by atoms with Gasteiger partial charge in [-0.1, -0.05) is 19.1 Å². The molecule has 3 heteroatoms. The predicted molar refractivity (Wildman–Crippen MR) is 84.3 cm³/mol. The fourth-order valence-electron chi connectivity index (χ4n) is 2.78. The average molecular weight is 276 g/mol. The van der Waals surface area contributed by atoms with Crippen LogP contribution in [0.1, 0.15) is 38.3 Å². The summed E-state index contributed by atoms with van der Waals surface area (Å²) in [5.74, 6) is 1.07. The Hall–Kier alpha value is -1.06. The number of nitrogens with zero attached hydrogens (tertiary/aromatic N) is 1. The van der Waals surface area contributed by atoms with Crippen molar-refractivity contribution in [2.75, 3.05) is 26.2 Å². The smallest absolute Gasteiger partial charge is 0.122 e. The molecule has 0 atom stereocenters. The molecule has 3 nitrogen and oxygen atoms in total. The topological polar surface area (TPSA) is 38.5 Å². The Morgan fingerprint density at radius 3 is 2.80 bits per heavy atom. The molecule has 1 heterocycles. The number of ether oxygens (including phenoxy) is 1. The minimum Gasteiger partial charge on any atom is -0.493 e. The van der Waals surface area contributed by atoms with Gasteiger partial charge in [0.05, 0.1) is 6.61 Å². The zero-order chi connectivity index (χ0) is 14.6. The number of fused-ring (bicyclic) bond motifs is 1. The van der Waals surface area contributed by atoms with Crippen molar-refractivity contribution in [3.05, 3.63) is 29.3 Å². The van der Waals surface area contributed by atoms with Crippen molar-refractivity contribution in [3.63, 3.8) is 0 Å². The highest BCUT2D eigenvalue weighted by Crippen LogP contribution is 2.26. The van der Waals surface area contributed by atoms with Gasteiger partial charge in [-0.15, -0.1) is 0 Å². The summed E-state index contributed by atoms with van der Waals surface area (Å²) < 4.78 is 5.56. The summed E-state index contributed by atoms with van der Waals surface area (Å²) in [6.07, 6.45) is 3.30. The first-order chi connectivity index (χ1) is 9.56. The molecule has 1 aromatic rings. The first-order valence-corrected chi connectivity index (χ1v) is 7.76. The van der Waals surface area contributed by atoms with Crippen LogP contribution in [0.15, 0.2) is 18.2 Å². The van der Waals surface area contributed by atoms with Crippen molar-refractivity contribution in [2.24, 2.45) is 5.73 Å². The molecule has 0 fully saturated rings. The van der Waals surface area contributed by atoms with E-state index in [0.29, 0.717) is 6.54 Å². The number of hydrogen-bond donors (Lipinski definition) is 1. The zero-order valence-corrected chi connectivity index (χ0v) is 13.1. The van der Waals surface area contributed by atoms with Gasteiger partial charge in [-0.25, -0.2) is 0 Å². The van der Waals surface area contributed by atoms with Crippen LogP contribution in [0.25, 0.3) is 0 Å². The molecule has 0 radical (unpaired) electrons. The van der Waals surface area contributed by atoms with E-state index in [4.69, 9.17) is 10.5 Å². The quantitative estimate of drug-likeness (QED) is 0.832. The van der Waals surface area contributed by atoms with Crippen molar-refractivity contribution in [2.45, 2.75) is 45.6 Å². The maximum Gasteiger partial charge on any atom is 0.122 e. The summed E-state index contributed by atoms with van der Waals surface area (Å²) in [5.41, 5.74) is 8.77. The lowest BCUT2D eigenvalue weighted by Gasteiger charge is -2.37. The molecule has 1 aliphatic rings. The second-order valence-electron chi connectivity index (χ2n) is 6.29. The standard InChI is InChI=1S/C17H28N2O/c1-4-9-19(17(2,3)13-18)10-7-14-5-6-16-15(12-14)8-11-20-16/h5-6,12H,4,7-11,13,18H2,1-3H3. The molecule has 0 spiro atoms. The minimum absolute atomic E-state index is 0.0792. The van der Waals surface area contributed by atoms with Gasteiger partial charge in [0.2, 0.25) is 0 Å². The van der Waals surface area contributed by atoms with Crippen molar-refractivity contribution < 1.29 is 4.74 Å². The van der Waals surface area contributed by atoms with Crippen LogP contribution in [0.4, 0.5) is 0 Å². The largest absolute Gasteiger partial charge is 0.493 e. The van der Waals surface area contributed by atoms with Crippen LogP contribution < -0.4 is 10.5 Å². The van der Waals surface area contributed by atoms with E-state index in [0.717, 1.165) is 38.3 Å². The number of rotatable bonds is 7.